The summed E-state index contributed by atoms with van der Waals surface area (Å²) < 4.78 is 4.87. The molecule has 0 unspecified atom stereocenters. The summed E-state index contributed by atoms with van der Waals surface area (Å²) in [5.74, 6) is -0.326. The Balaban J connectivity index is 2.32. The molecule has 2 N–H and O–H groups in total. The normalized spacial score (nSPS) is 16.5. The number of rotatable bonds is 3. The maximum Gasteiger partial charge on any atom is 0.340 e. The SMILES string of the molecule is COC(=O)c1cccc(N)c1N(C)C1CCCCCC1. The highest BCUT2D eigenvalue weighted by Gasteiger charge is 2.23. The van der Waals surface area contributed by atoms with Crippen molar-refractivity contribution in [2.24, 2.45) is 0 Å². The Bertz CT molecular complexity index is 466. The van der Waals surface area contributed by atoms with Crippen LogP contribution in [0.3, 0.4) is 0 Å². The van der Waals surface area contributed by atoms with E-state index in [9.17, 15) is 4.79 Å². The number of hydrogen-bond acceptors (Lipinski definition) is 4. The first-order chi connectivity index (χ1) is 9.65. The van der Waals surface area contributed by atoms with Gasteiger partial charge in [0.05, 0.1) is 24.0 Å². The monoisotopic (exact) mass is 276 g/mol. The predicted octanol–water partition coefficient (Wildman–Crippen LogP) is 3.21. The van der Waals surface area contributed by atoms with Gasteiger partial charge in [-0.15, -0.1) is 0 Å². The molecule has 1 aromatic carbocycles. The van der Waals surface area contributed by atoms with Crippen LogP contribution in [0.5, 0.6) is 0 Å². The number of nitrogen functional groups attached to an aromatic ring is 1. The van der Waals surface area contributed by atoms with E-state index >= 15 is 0 Å². The number of esters is 1. The molecular weight excluding hydrogens is 252 g/mol. The number of hydrogen-bond donors (Lipinski definition) is 1. The summed E-state index contributed by atoms with van der Waals surface area (Å²) in [6.45, 7) is 0. The molecule has 1 aromatic rings. The Morgan fingerprint density at radius 3 is 2.50 bits per heavy atom. The molecule has 0 bridgehead atoms. The lowest BCUT2D eigenvalue weighted by Crippen LogP contribution is -2.33. The molecule has 0 saturated heterocycles. The van der Waals surface area contributed by atoms with Gasteiger partial charge in [0, 0.05) is 13.1 Å². The number of nitrogens with two attached hydrogens (primary N) is 1. The van der Waals surface area contributed by atoms with Crippen molar-refractivity contribution in [3.8, 4) is 0 Å². The van der Waals surface area contributed by atoms with Crippen LogP contribution in [0.4, 0.5) is 11.4 Å². The van der Waals surface area contributed by atoms with Crippen LogP contribution >= 0.6 is 0 Å². The van der Waals surface area contributed by atoms with Crippen molar-refractivity contribution in [2.45, 2.75) is 44.6 Å². The Morgan fingerprint density at radius 1 is 1.25 bits per heavy atom. The predicted molar refractivity (Wildman–Crippen MR) is 82.1 cm³/mol. The van der Waals surface area contributed by atoms with Crippen molar-refractivity contribution < 1.29 is 9.53 Å². The average molecular weight is 276 g/mol. The highest BCUT2D eigenvalue weighted by Crippen LogP contribution is 2.32. The van der Waals surface area contributed by atoms with Crippen LogP contribution in [0.2, 0.25) is 0 Å². The van der Waals surface area contributed by atoms with Crippen LogP contribution in [-0.4, -0.2) is 26.2 Å². The molecule has 0 heterocycles. The maximum atomic E-state index is 11.9. The van der Waals surface area contributed by atoms with Crippen LogP contribution in [0.15, 0.2) is 18.2 Å². The van der Waals surface area contributed by atoms with E-state index in [1.807, 2.05) is 13.1 Å². The number of methoxy groups -OCH3 is 1. The van der Waals surface area contributed by atoms with E-state index < -0.39 is 0 Å². The van der Waals surface area contributed by atoms with Gasteiger partial charge in [-0.05, 0) is 25.0 Å². The first-order valence-corrected chi connectivity index (χ1v) is 7.34. The second-order valence-electron chi connectivity index (χ2n) is 5.49. The van der Waals surface area contributed by atoms with Gasteiger partial charge in [-0.1, -0.05) is 31.7 Å². The van der Waals surface area contributed by atoms with E-state index in [2.05, 4.69) is 4.90 Å². The van der Waals surface area contributed by atoms with Gasteiger partial charge in [0.1, 0.15) is 0 Å². The molecule has 1 fully saturated rings. The van der Waals surface area contributed by atoms with E-state index in [0.717, 1.165) is 18.5 Å². The molecule has 1 saturated carbocycles. The fraction of sp³-hybridized carbons (Fsp3) is 0.562. The molecule has 4 heteroatoms. The Labute approximate surface area is 120 Å². The van der Waals surface area contributed by atoms with E-state index in [4.69, 9.17) is 10.5 Å². The number of ether oxygens (including phenoxy) is 1. The van der Waals surface area contributed by atoms with Gasteiger partial charge in [-0.25, -0.2) is 4.79 Å². The van der Waals surface area contributed by atoms with E-state index in [0.29, 0.717) is 17.3 Å². The summed E-state index contributed by atoms with van der Waals surface area (Å²) >= 11 is 0. The molecule has 110 valence electrons. The molecule has 2 rings (SSSR count). The van der Waals surface area contributed by atoms with Crippen LogP contribution in [-0.2, 0) is 4.74 Å². The van der Waals surface area contributed by atoms with Crippen LogP contribution < -0.4 is 10.6 Å². The zero-order valence-corrected chi connectivity index (χ0v) is 12.4. The number of benzene rings is 1. The van der Waals surface area contributed by atoms with Crippen molar-refractivity contribution in [3.05, 3.63) is 23.8 Å². The second kappa shape index (κ2) is 6.64. The van der Waals surface area contributed by atoms with Crippen molar-refractivity contribution in [1.29, 1.82) is 0 Å². The third-order valence-electron chi connectivity index (χ3n) is 4.20. The largest absolute Gasteiger partial charge is 0.465 e. The summed E-state index contributed by atoms with van der Waals surface area (Å²) in [6, 6.07) is 5.87. The lowest BCUT2D eigenvalue weighted by atomic mass is 10.0. The van der Waals surface area contributed by atoms with Gasteiger partial charge in [0.15, 0.2) is 0 Å². The Kier molecular flexibility index (Phi) is 4.88. The zero-order valence-electron chi connectivity index (χ0n) is 12.4. The molecule has 0 spiro atoms. The number of carbonyl (C=O) groups is 1. The molecule has 4 nitrogen and oxygen atoms in total. The Hall–Kier alpha value is -1.71. The summed E-state index contributed by atoms with van der Waals surface area (Å²) in [5, 5.41) is 0. The van der Waals surface area contributed by atoms with Crippen molar-refractivity contribution in [2.75, 3.05) is 24.8 Å². The van der Waals surface area contributed by atoms with Gasteiger partial charge < -0.3 is 15.4 Å². The summed E-state index contributed by atoms with van der Waals surface area (Å²) in [5.41, 5.74) is 8.12. The number of para-hydroxylation sites is 1. The quantitative estimate of drug-likeness (QED) is 0.523. The fourth-order valence-corrected chi connectivity index (χ4v) is 3.06. The lowest BCUT2D eigenvalue weighted by Gasteiger charge is -2.31. The molecule has 0 aliphatic heterocycles. The van der Waals surface area contributed by atoms with Crippen molar-refractivity contribution in [3.63, 3.8) is 0 Å². The molecule has 20 heavy (non-hydrogen) atoms. The van der Waals surface area contributed by atoms with Crippen LogP contribution in [0.1, 0.15) is 48.9 Å². The lowest BCUT2D eigenvalue weighted by molar-refractivity contribution is 0.0601. The van der Waals surface area contributed by atoms with Crippen molar-refractivity contribution in [1.82, 2.24) is 0 Å². The van der Waals surface area contributed by atoms with Gasteiger partial charge >= 0.3 is 5.97 Å². The summed E-state index contributed by atoms with van der Waals surface area (Å²) in [4.78, 5) is 14.1. The molecule has 0 aromatic heterocycles. The van der Waals surface area contributed by atoms with Gasteiger partial charge in [0.2, 0.25) is 0 Å². The second-order valence-corrected chi connectivity index (χ2v) is 5.49. The molecule has 1 aliphatic carbocycles. The van der Waals surface area contributed by atoms with E-state index in [-0.39, 0.29) is 5.97 Å². The van der Waals surface area contributed by atoms with Crippen LogP contribution in [0.25, 0.3) is 0 Å². The third-order valence-corrected chi connectivity index (χ3v) is 4.20. The first-order valence-electron chi connectivity index (χ1n) is 7.34. The zero-order chi connectivity index (χ0) is 14.5. The minimum atomic E-state index is -0.326. The van der Waals surface area contributed by atoms with Gasteiger partial charge in [0.25, 0.3) is 0 Å². The fourth-order valence-electron chi connectivity index (χ4n) is 3.06. The van der Waals surface area contributed by atoms with E-state index in [1.165, 1.54) is 32.8 Å². The number of carbonyl (C=O) groups excluding carboxylic acids is 1. The summed E-state index contributed by atoms with van der Waals surface area (Å²) in [6.07, 6.45) is 7.42. The molecule has 1 aliphatic rings. The first kappa shape index (κ1) is 14.7. The minimum Gasteiger partial charge on any atom is -0.465 e. The molecule has 0 amide bonds. The molecule has 0 atom stereocenters. The average Bonchev–Trinajstić information content (AvgIpc) is 2.74. The van der Waals surface area contributed by atoms with Gasteiger partial charge in [-0.2, -0.15) is 0 Å². The maximum absolute atomic E-state index is 11.9. The van der Waals surface area contributed by atoms with Crippen LogP contribution in [0, 0.1) is 0 Å². The molecular formula is C16H24N2O2. The topological polar surface area (TPSA) is 55.6 Å². The smallest absolute Gasteiger partial charge is 0.340 e. The highest BCUT2D eigenvalue weighted by molar-refractivity contribution is 5.99. The third kappa shape index (κ3) is 3.06. The summed E-state index contributed by atoms with van der Waals surface area (Å²) in [7, 11) is 3.44. The van der Waals surface area contributed by atoms with Crippen molar-refractivity contribution >= 4 is 17.3 Å². The number of nitrogens with zero attached hydrogens (tertiary/aromatic N) is 1. The standard InChI is InChI=1S/C16H24N2O2/c1-18(12-8-5-3-4-6-9-12)15-13(16(19)20-2)10-7-11-14(15)17/h7,10-12H,3-6,8-9,17H2,1-2H3. The Morgan fingerprint density at radius 2 is 1.90 bits per heavy atom. The highest BCUT2D eigenvalue weighted by atomic mass is 16.5. The van der Waals surface area contributed by atoms with Gasteiger partial charge in [-0.3, -0.25) is 0 Å². The minimum absolute atomic E-state index is 0.326. The number of anilines is 2. The molecule has 0 radical (unpaired) electrons. The van der Waals surface area contributed by atoms with E-state index in [1.54, 1.807) is 12.1 Å².